The van der Waals surface area contributed by atoms with Gasteiger partial charge in [-0.2, -0.15) is 5.10 Å². The first-order chi connectivity index (χ1) is 11.5. The van der Waals surface area contributed by atoms with Crippen LogP contribution >= 0.6 is 11.6 Å². The number of ether oxygens (including phenoxy) is 1. The molecule has 0 aliphatic heterocycles. The van der Waals surface area contributed by atoms with E-state index in [1.54, 1.807) is 30.3 Å². The standard InChI is InChI=1S/C16H13ClN4O3/c1-9(15(22)19-13-7-6-10(17)8-18-13)24-16(23)14-11-4-2-3-5-12(11)20-21-14/h2-9H,1H3,(H,20,21)(H,18,19,22)/t9-/m1/s1. The molecule has 0 aliphatic carbocycles. The van der Waals surface area contributed by atoms with Gasteiger partial charge in [0.05, 0.1) is 10.5 Å². The average Bonchev–Trinajstić information content (AvgIpc) is 3.01. The SMILES string of the molecule is C[C@@H](OC(=O)c1n[nH]c2ccccc12)C(=O)Nc1ccc(Cl)cn1. The minimum absolute atomic E-state index is 0.134. The number of aromatic amines is 1. The third kappa shape index (κ3) is 3.36. The third-order valence-electron chi connectivity index (χ3n) is 3.30. The van der Waals surface area contributed by atoms with Crippen molar-refractivity contribution in [3.05, 3.63) is 53.3 Å². The fourth-order valence-corrected chi connectivity index (χ4v) is 2.18. The van der Waals surface area contributed by atoms with E-state index in [0.717, 1.165) is 0 Å². The first kappa shape index (κ1) is 15.9. The summed E-state index contributed by atoms with van der Waals surface area (Å²) in [6.07, 6.45) is 0.398. The van der Waals surface area contributed by atoms with Crippen LogP contribution in [0.1, 0.15) is 17.4 Å². The topological polar surface area (TPSA) is 97.0 Å². The van der Waals surface area contributed by atoms with Crippen molar-refractivity contribution < 1.29 is 14.3 Å². The number of rotatable bonds is 4. The summed E-state index contributed by atoms with van der Waals surface area (Å²) < 4.78 is 5.17. The van der Waals surface area contributed by atoms with Crippen molar-refractivity contribution >= 4 is 40.2 Å². The smallest absolute Gasteiger partial charge is 0.360 e. The molecule has 0 saturated carbocycles. The number of carbonyl (C=O) groups is 2. The molecule has 0 bridgehead atoms. The van der Waals surface area contributed by atoms with Gasteiger partial charge in [0.25, 0.3) is 5.91 Å². The van der Waals surface area contributed by atoms with E-state index >= 15 is 0 Å². The maximum absolute atomic E-state index is 12.2. The number of esters is 1. The van der Waals surface area contributed by atoms with Crippen molar-refractivity contribution in [1.29, 1.82) is 0 Å². The maximum Gasteiger partial charge on any atom is 0.360 e. The van der Waals surface area contributed by atoms with Crippen LogP contribution in [0.5, 0.6) is 0 Å². The highest BCUT2D eigenvalue weighted by atomic mass is 35.5. The summed E-state index contributed by atoms with van der Waals surface area (Å²) in [5, 5.41) is 10.3. The van der Waals surface area contributed by atoms with Gasteiger partial charge in [0.2, 0.25) is 0 Å². The summed E-state index contributed by atoms with van der Waals surface area (Å²) in [5.41, 5.74) is 0.849. The molecule has 2 aromatic heterocycles. The van der Waals surface area contributed by atoms with Crippen molar-refractivity contribution in [3.8, 4) is 0 Å². The van der Waals surface area contributed by atoms with Gasteiger partial charge in [-0.05, 0) is 25.1 Å². The molecule has 0 aliphatic rings. The highest BCUT2D eigenvalue weighted by Crippen LogP contribution is 2.17. The fourth-order valence-electron chi connectivity index (χ4n) is 2.07. The Hall–Kier alpha value is -2.93. The lowest BCUT2D eigenvalue weighted by atomic mass is 10.2. The second-order valence-electron chi connectivity index (χ2n) is 5.02. The molecule has 8 heteroatoms. The van der Waals surface area contributed by atoms with Gasteiger partial charge >= 0.3 is 5.97 Å². The number of halogens is 1. The monoisotopic (exact) mass is 344 g/mol. The van der Waals surface area contributed by atoms with E-state index in [9.17, 15) is 9.59 Å². The summed E-state index contributed by atoms with van der Waals surface area (Å²) in [6, 6.07) is 10.3. The van der Waals surface area contributed by atoms with Crippen molar-refractivity contribution in [3.63, 3.8) is 0 Å². The molecule has 24 heavy (non-hydrogen) atoms. The number of nitrogens with one attached hydrogen (secondary N) is 2. The Balaban J connectivity index is 1.67. The number of carbonyl (C=O) groups excluding carboxylic acids is 2. The van der Waals surface area contributed by atoms with E-state index < -0.39 is 18.0 Å². The van der Waals surface area contributed by atoms with Crippen LogP contribution in [0.15, 0.2) is 42.6 Å². The number of para-hydroxylation sites is 1. The highest BCUT2D eigenvalue weighted by Gasteiger charge is 2.22. The van der Waals surface area contributed by atoms with Crippen molar-refractivity contribution in [1.82, 2.24) is 15.2 Å². The first-order valence-corrected chi connectivity index (χ1v) is 7.49. The maximum atomic E-state index is 12.2. The van der Waals surface area contributed by atoms with Gasteiger partial charge in [0.15, 0.2) is 11.8 Å². The first-order valence-electron chi connectivity index (χ1n) is 7.11. The van der Waals surface area contributed by atoms with Gasteiger partial charge in [0.1, 0.15) is 5.82 Å². The van der Waals surface area contributed by atoms with Gasteiger partial charge in [-0.15, -0.1) is 0 Å². The van der Waals surface area contributed by atoms with Gasteiger partial charge in [0, 0.05) is 11.6 Å². The van der Waals surface area contributed by atoms with Crippen molar-refractivity contribution in [2.45, 2.75) is 13.0 Å². The number of hydrogen-bond donors (Lipinski definition) is 2. The number of benzene rings is 1. The molecule has 1 atom stereocenters. The Bertz CT molecular complexity index is 892. The van der Waals surface area contributed by atoms with Crippen LogP contribution < -0.4 is 5.32 Å². The molecule has 0 spiro atoms. The third-order valence-corrected chi connectivity index (χ3v) is 3.52. The van der Waals surface area contributed by atoms with Crippen LogP contribution in [-0.2, 0) is 9.53 Å². The molecule has 2 heterocycles. The highest BCUT2D eigenvalue weighted by molar-refractivity contribution is 6.30. The largest absolute Gasteiger partial charge is 0.448 e. The van der Waals surface area contributed by atoms with Crippen LogP contribution in [0.3, 0.4) is 0 Å². The fraction of sp³-hybridized carbons (Fsp3) is 0.125. The molecule has 7 nitrogen and oxygen atoms in total. The number of amides is 1. The van der Waals surface area contributed by atoms with E-state index in [1.165, 1.54) is 13.1 Å². The summed E-state index contributed by atoms with van der Waals surface area (Å²) in [4.78, 5) is 28.2. The molecule has 122 valence electrons. The van der Waals surface area contributed by atoms with E-state index in [1.807, 2.05) is 6.07 Å². The molecule has 1 amide bonds. The lowest BCUT2D eigenvalue weighted by Crippen LogP contribution is -2.30. The minimum atomic E-state index is -1.01. The zero-order valence-corrected chi connectivity index (χ0v) is 13.4. The van der Waals surface area contributed by atoms with Crippen LogP contribution in [0.4, 0.5) is 5.82 Å². The Kier molecular flexibility index (Phi) is 4.43. The van der Waals surface area contributed by atoms with Gasteiger partial charge in [-0.25, -0.2) is 9.78 Å². The van der Waals surface area contributed by atoms with E-state index in [4.69, 9.17) is 16.3 Å². The summed E-state index contributed by atoms with van der Waals surface area (Å²) in [5.74, 6) is -0.866. The van der Waals surface area contributed by atoms with Crippen LogP contribution in [-0.4, -0.2) is 33.2 Å². The molecule has 1 aromatic carbocycles. The minimum Gasteiger partial charge on any atom is -0.448 e. The van der Waals surface area contributed by atoms with E-state index in [0.29, 0.717) is 21.7 Å². The predicted molar refractivity (Wildman–Crippen MR) is 88.8 cm³/mol. The second kappa shape index (κ2) is 6.67. The normalized spacial score (nSPS) is 11.9. The van der Waals surface area contributed by atoms with Crippen LogP contribution in [0, 0.1) is 0 Å². The number of aromatic nitrogens is 3. The zero-order chi connectivity index (χ0) is 17.1. The van der Waals surface area contributed by atoms with Crippen LogP contribution in [0.25, 0.3) is 10.9 Å². The molecule has 0 unspecified atom stereocenters. The van der Waals surface area contributed by atoms with E-state index in [2.05, 4.69) is 20.5 Å². The molecule has 0 fully saturated rings. The molecule has 0 saturated heterocycles. The Labute approximate surface area is 142 Å². The summed E-state index contributed by atoms with van der Waals surface area (Å²) >= 11 is 5.73. The number of nitrogens with zero attached hydrogens (tertiary/aromatic N) is 2. The molecular weight excluding hydrogens is 332 g/mol. The second-order valence-corrected chi connectivity index (χ2v) is 5.45. The molecule has 3 rings (SSSR count). The molecule has 0 radical (unpaired) electrons. The summed E-state index contributed by atoms with van der Waals surface area (Å²) in [7, 11) is 0. The zero-order valence-electron chi connectivity index (χ0n) is 12.6. The van der Waals surface area contributed by atoms with Crippen molar-refractivity contribution in [2.24, 2.45) is 0 Å². The Morgan fingerprint density at radius 1 is 1.25 bits per heavy atom. The van der Waals surface area contributed by atoms with Gasteiger partial charge < -0.3 is 10.1 Å². The van der Waals surface area contributed by atoms with Crippen LogP contribution in [0.2, 0.25) is 5.02 Å². The molecule has 3 aromatic rings. The molecular formula is C16H13ClN4O3. The quantitative estimate of drug-likeness (QED) is 0.709. The number of H-pyrrole nitrogens is 1. The van der Waals surface area contributed by atoms with Gasteiger partial charge in [-0.1, -0.05) is 29.8 Å². The molecule has 2 N–H and O–H groups in total. The predicted octanol–water partition coefficient (Wildman–Crippen LogP) is 2.80. The number of anilines is 1. The van der Waals surface area contributed by atoms with Crippen molar-refractivity contribution in [2.75, 3.05) is 5.32 Å². The number of pyridine rings is 1. The summed E-state index contributed by atoms with van der Waals surface area (Å²) in [6.45, 7) is 1.47. The average molecular weight is 345 g/mol. The number of fused-ring (bicyclic) bond motifs is 1. The lowest BCUT2D eigenvalue weighted by Gasteiger charge is -2.12. The van der Waals surface area contributed by atoms with E-state index in [-0.39, 0.29) is 5.69 Å². The Morgan fingerprint density at radius 2 is 2.04 bits per heavy atom. The van der Waals surface area contributed by atoms with Gasteiger partial charge in [-0.3, -0.25) is 9.89 Å². The number of hydrogen-bond acceptors (Lipinski definition) is 5. The lowest BCUT2D eigenvalue weighted by molar-refractivity contribution is -0.123. The Morgan fingerprint density at radius 3 is 2.79 bits per heavy atom.